The number of hydrogen-bond donors (Lipinski definition) is 2. The predicted octanol–water partition coefficient (Wildman–Crippen LogP) is 5.35. The van der Waals surface area contributed by atoms with Crippen molar-refractivity contribution in [3.8, 4) is 28.7 Å². The van der Waals surface area contributed by atoms with Gasteiger partial charge in [0.25, 0.3) is 0 Å². The standard InChI is InChI=1S/C25H18ClN3O3/c26-23-15(14-5-2-1-3-6-14)7-4-8-17(23)25-29-21-11-18-16(19(12-27)24(21)32-25)9-10-20(18)28-13-22(30)31/h1-8,11,20,28H,9-10,13H2,(H,30,31). The second kappa shape index (κ2) is 8.12. The average Bonchev–Trinajstić information content (AvgIpc) is 3.40. The molecule has 1 aromatic heterocycles. The summed E-state index contributed by atoms with van der Waals surface area (Å²) < 4.78 is 6.07. The van der Waals surface area contributed by atoms with Crippen molar-refractivity contribution in [2.45, 2.75) is 18.9 Å². The SMILES string of the molecule is N#Cc1c2c(cc3nc(-c4cccc(-c5ccccc5)c4Cl)oc13)C(NCC(=O)O)CC2. The minimum atomic E-state index is -0.920. The zero-order valence-corrected chi connectivity index (χ0v) is 17.7. The minimum Gasteiger partial charge on any atom is -0.480 e. The summed E-state index contributed by atoms with van der Waals surface area (Å²) in [4.78, 5) is 15.6. The van der Waals surface area contributed by atoms with Gasteiger partial charge >= 0.3 is 5.97 Å². The molecule has 0 bridgehead atoms. The summed E-state index contributed by atoms with van der Waals surface area (Å²) in [5, 5.41) is 22.4. The Bertz CT molecular complexity index is 1390. The van der Waals surface area contributed by atoms with Crippen molar-refractivity contribution in [3.63, 3.8) is 0 Å². The zero-order chi connectivity index (χ0) is 22.2. The van der Waals surface area contributed by atoms with Gasteiger partial charge in [-0.3, -0.25) is 4.79 Å². The van der Waals surface area contributed by atoms with Crippen LogP contribution in [-0.4, -0.2) is 22.6 Å². The second-order valence-corrected chi connectivity index (χ2v) is 8.08. The van der Waals surface area contributed by atoms with Crippen LogP contribution in [0.25, 0.3) is 33.7 Å². The Morgan fingerprint density at radius 3 is 2.75 bits per heavy atom. The molecule has 5 rings (SSSR count). The molecule has 4 aromatic rings. The number of nitrogens with one attached hydrogen (secondary N) is 1. The van der Waals surface area contributed by atoms with Crippen molar-refractivity contribution >= 4 is 28.7 Å². The molecule has 1 aliphatic rings. The third-order valence-corrected chi connectivity index (χ3v) is 6.21. The van der Waals surface area contributed by atoms with Crippen LogP contribution in [0.3, 0.4) is 0 Å². The number of benzene rings is 3. The van der Waals surface area contributed by atoms with Crippen molar-refractivity contribution in [2.24, 2.45) is 0 Å². The molecule has 32 heavy (non-hydrogen) atoms. The fourth-order valence-electron chi connectivity index (χ4n) is 4.34. The van der Waals surface area contributed by atoms with Gasteiger partial charge in [0.1, 0.15) is 17.1 Å². The molecular weight excluding hydrogens is 426 g/mol. The maximum absolute atomic E-state index is 11.0. The van der Waals surface area contributed by atoms with Crippen LogP contribution in [0.1, 0.15) is 29.2 Å². The van der Waals surface area contributed by atoms with Crippen LogP contribution >= 0.6 is 11.6 Å². The number of nitriles is 1. The van der Waals surface area contributed by atoms with E-state index in [4.69, 9.17) is 21.1 Å². The second-order valence-electron chi connectivity index (χ2n) is 7.70. The number of oxazole rings is 1. The van der Waals surface area contributed by atoms with Crippen molar-refractivity contribution < 1.29 is 14.3 Å². The van der Waals surface area contributed by atoms with E-state index < -0.39 is 5.97 Å². The van der Waals surface area contributed by atoms with E-state index in [0.29, 0.717) is 39.6 Å². The molecule has 1 heterocycles. The first-order valence-electron chi connectivity index (χ1n) is 10.2. The van der Waals surface area contributed by atoms with Crippen LogP contribution in [0.4, 0.5) is 0 Å². The Labute approximate surface area is 189 Å². The molecule has 6 nitrogen and oxygen atoms in total. The van der Waals surface area contributed by atoms with Gasteiger partial charge in [-0.2, -0.15) is 5.26 Å². The van der Waals surface area contributed by atoms with E-state index in [9.17, 15) is 10.1 Å². The highest BCUT2D eigenvalue weighted by Gasteiger charge is 2.29. The number of carboxylic acids is 1. The monoisotopic (exact) mass is 443 g/mol. The smallest absolute Gasteiger partial charge is 0.317 e. The van der Waals surface area contributed by atoms with E-state index in [1.54, 1.807) is 0 Å². The first kappa shape index (κ1) is 20.3. The van der Waals surface area contributed by atoms with Gasteiger partial charge in [-0.15, -0.1) is 0 Å². The molecule has 7 heteroatoms. The number of nitrogens with zero attached hydrogens (tertiary/aromatic N) is 2. The molecule has 0 saturated carbocycles. The van der Waals surface area contributed by atoms with E-state index in [1.807, 2.05) is 54.6 Å². The van der Waals surface area contributed by atoms with E-state index in [0.717, 1.165) is 28.7 Å². The minimum absolute atomic E-state index is 0.136. The number of carbonyl (C=O) groups is 1. The lowest BCUT2D eigenvalue weighted by Gasteiger charge is -2.12. The van der Waals surface area contributed by atoms with E-state index in [-0.39, 0.29) is 12.6 Å². The summed E-state index contributed by atoms with van der Waals surface area (Å²) in [6.07, 6.45) is 1.40. The summed E-state index contributed by atoms with van der Waals surface area (Å²) in [6, 6.07) is 19.5. The average molecular weight is 444 g/mol. The molecule has 0 amide bonds. The van der Waals surface area contributed by atoms with Gasteiger partial charge in [0.15, 0.2) is 5.58 Å². The van der Waals surface area contributed by atoms with Gasteiger partial charge in [-0.25, -0.2) is 4.98 Å². The first-order valence-corrected chi connectivity index (χ1v) is 10.6. The third kappa shape index (κ3) is 3.42. The Morgan fingerprint density at radius 1 is 1.22 bits per heavy atom. The topological polar surface area (TPSA) is 99.2 Å². The summed E-state index contributed by atoms with van der Waals surface area (Å²) in [7, 11) is 0. The number of hydrogen-bond acceptors (Lipinski definition) is 5. The van der Waals surface area contributed by atoms with Gasteiger partial charge in [-0.1, -0.05) is 54.1 Å². The van der Waals surface area contributed by atoms with Crippen LogP contribution in [-0.2, 0) is 11.2 Å². The lowest BCUT2D eigenvalue weighted by molar-refractivity contribution is -0.136. The molecule has 2 N–H and O–H groups in total. The molecular formula is C25H18ClN3O3. The fraction of sp³-hybridized carbons (Fsp3) is 0.160. The van der Waals surface area contributed by atoms with Crippen LogP contribution < -0.4 is 5.32 Å². The fourth-order valence-corrected chi connectivity index (χ4v) is 4.66. The summed E-state index contributed by atoms with van der Waals surface area (Å²) >= 11 is 6.74. The Balaban J connectivity index is 1.61. The number of aromatic nitrogens is 1. The summed E-state index contributed by atoms with van der Waals surface area (Å²) in [5.41, 5.74) is 5.73. The highest BCUT2D eigenvalue weighted by atomic mass is 35.5. The Hall–Kier alpha value is -3.66. The molecule has 0 aliphatic heterocycles. The van der Waals surface area contributed by atoms with E-state index in [1.165, 1.54) is 0 Å². The molecule has 3 aromatic carbocycles. The number of aliphatic carboxylic acids is 1. The number of fused-ring (bicyclic) bond motifs is 2. The van der Waals surface area contributed by atoms with Gasteiger partial charge < -0.3 is 14.8 Å². The van der Waals surface area contributed by atoms with Crippen molar-refractivity contribution in [3.05, 3.63) is 76.3 Å². The molecule has 1 unspecified atom stereocenters. The summed E-state index contributed by atoms with van der Waals surface area (Å²) in [6.45, 7) is -0.143. The maximum Gasteiger partial charge on any atom is 0.317 e. The number of rotatable bonds is 5. The van der Waals surface area contributed by atoms with Crippen molar-refractivity contribution in [1.29, 1.82) is 5.26 Å². The van der Waals surface area contributed by atoms with Crippen molar-refractivity contribution in [1.82, 2.24) is 10.3 Å². The predicted molar refractivity (Wildman–Crippen MR) is 121 cm³/mol. The normalized spacial score (nSPS) is 14.9. The Kier molecular flexibility index (Phi) is 5.14. The van der Waals surface area contributed by atoms with Crippen LogP contribution in [0, 0.1) is 11.3 Å². The zero-order valence-electron chi connectivity index (χ0n) is 16.9. The van der Waals surface area contributed by atoms with Crippen LogP contribution in [0.2, 0.25) is 5.02 Å². The molecule has 0 fully saturated rings. The largest absolute Gasteiger partial charge is 0.480 e. The summed E-state index contributed by atoms with van der Waals surface area (Å²) in [5.74, 6) is -0.574. The third-order valence-electron chi connectivity index (χ3n) is 5.81. The van der Waals surface area contributed by atoms with Crippen LogP contribution in [0.15, 0.2) is 59.0 Å². The lowest BCUT2D eigenvalue weighted by atomic mass is 10.0. The van der Waals surface area contributed by atoms with Gasteiger partial charge in [0.2, 0.25) is 5.89 Å². The Morgan fingerprint density at radius 2 is 2.00 bits per heavy atom. The lowest BCUT2D eigenvalue weighted by Crippen LogP contribution is -2.26. The van der Waals surface area contributed by atoms with Crippen LogP contribution in [0.5, 0.6) is 0 Å². The van der Waals surface area contributed by atoms with E-state index in [2.05, 4.69) is 16.4 Å². The highest BCUT2D eigenvalue weighted by Crippen LogP contribution is 2.41. The number of halogens is 1. The van der Waals surface area contributed by atoms with E-state index >= 15 is 0 Å². The highest BCUT2D eigenvalue weighted by molar-refractivity contribution is 6.36. The molecule has 1 aliphatic carbocycles. The van der Waals surface area contributed by atoms with Crippen molar-refractivity contribution in [2.75, 3.05) is 6.54 Å². The molecule has 0 spiro atoms. The number of carboxylic acid groups (broad SMARTS) is 1. The molecule has 1 atom stereocenters. The first-order chi connectivity index (χ1) is 15.6. The quantitative estimate of drug-likeness (QED) is 0.431. The maximum atomic E-state index is 11.0. The van der Waals surface area contributed by atoms with Gasteiger partial charge in [0.05, 0.1) is 17.1 Å². The molecule has 158 valence electrons. The molecule has 0 radical (unpaired) electrons. The van der Waals surface area contributed by atoms with Gasteiger partial charge in [-0.05, 0) is 41.7 Å². The van der Waals surface area contributed by atoms with Gasteiger partial charge in [0, 0.05) is 11.6 Å². The molecule has 0 saturated heterocycles.